The molecule has 0 aromatic heterocycles. The Morgan fingerprint density at radius 2 is 1.48 bits per heavy atom. The molecule has 0 aliphatic carbocycles. The van der Waals surface area contributed by atoms with E-state index in [0.29, 0.717) is 43.8 Å². The average Bonchev–Trinajstić information content (AvgIpc) is 3.59. The van der Waals surface area contributed by atoms with Crippen LogP contribution in [0.3, 0.4) is 0 Å². The third kappa shape index (κ3) is 12.4. The van der Waals surface area contributed by atoms with Gasteiger partial charge in [0.15, 0.2) is 5.78 Å². The van der Waals surface area contributed by atoms with E-state index in [4.69, 9.17) is 30.8 Å². The maximum Gasteiger partial charge on any atom is 0.539 e. The van der Waals surface area contributed by atoms with E-state index in [2.05, 4.69) is 21.3 Å². The molecule has 0 spiro atoms. The predicted molar refractivity (Wildman–Crippen MR) is 243 cm³/mol. The number of amides is 5. The molecule has 2 unspecified atom stereocenters. The first kappa shape index (κ1) is 48.4. The molecule has 4 N–H and O–H groups in total. The Kier molecular flexibility index (Phi) is 15.6. The lowest BCUT2D eigenvalue weighted by Gasteiger charge is -2.28. The van der Waals surface area contributed by atoms with Gasteiger partial charge in [-0.3, -0.25) is 38.4 Å². The maximum atomic E-state index is 14.2. The van der Waals surface area contributed by atoms with Crippen LogP contribution in [-0.2, 0) is 54.4 Å². The number of carbonyl (C=O) groups is 8. The van der Waals surface area contributed by atoms with E-state index in [1.165, 1.54) is 7.05 Å². The molecule has 0 radical (unpaired) electrons. The van der Waals surface area contributed by atoms with Crippen molar-refractivity contribution in [1.82, 2.24) is 26.2 Å². The lowest BCUT2D eigenvalue weighted by Crippen LogP contribution is -2.52. The highest BCUT2D eigenvalue weighted by atomic mass is 35.5. The molecule has 4 aromatic carbocycles. The van der Waals surface area contributed by atoms with Gasteiger partial charge in [0.05, 0.1) is 32.7 Å². The van der Waals surface area contributed by atoms with Crippen molar-refractivity contribution in [2.45, 2.75) is 64.6 Å². The molecule has 5 amide bonds. The zero-order valence-electron chi connectivity index (χ0n) is 37.0. The number of nitrogens with zero attached hydrogens (tertiary/aromatic N) is 1. The monoisotopic (exact) mass is 921 g/mol. The smallest absolute Gasteiger partial charge is 0.466 e. The normalized spacial score (nSPS) is 15.4. The molecular weight excluding hydrogens is 873 g/mol. The number of hydrogen-bond acceptors (Lipinski definition) is 12. The molecule has 344 valence electrons. The Bertz CT molecular complexity index is 2530. The van der Waals surface area contributed by atoms with Crippen LogP contribution in [0.15, 0.2) is 84.9 Å². The number of fused-ring (bicyclic) bond motifs is 2. The van der Waals surface area contributed by atoms with Crippen molar-refractivity contribution in [1.29, 1.82) is 0 Å². The van der Waals surface area contributed by atoms with Crippen LogP contribution in [0.4, 0.5) is 4.79 Å². The summed E-state index contributed by atoms with van der Waals surface area (Å²) in [6.07, 6.45) is -1.46. The lowest BCUT2D eigenvalue weighted by molar-refractivity contribution is -0.182. The van der Waals surface area contributed by atoms with Crippen LogP contribution in [0.25, 0.3) is 22.3 Å². The van der Waals surface area contributed by atoms with Crippen molar-refractivity contribution in [3.05, 3.63) is 107 Å². The minimum absolute atomic E-state index is 0.0527. The average molecular weight is 922 g/mol. The molecule has 4 aromatic rings. The van der Waals surface area contributed by atoms with Gasteiger partial charge in [-0.1, -0.05) is 66.2 Å². The van der Waals surface area contributed by atoms with Crippen LogP contribution < -0.4 is 32.2 Å². The SMILES string of the molecule is CCOC(=O)CCC(=O)CNC(=O)C1Cc2ccc3c(c2)-c2cc(ccc2B3OOC(=O)OC(C)(C)C)C(N(C)C(=O)CNC(=O)c2ccc(-c3ccc(Cl)cc3)cc2)C(=O)NCC(=O)N1. The Morgan fingerprint density at radius 1 is 0.833 bits per heavy atom. The highest BCUT2D eigenvalue weighted by molar-refractivity contribution is 6.84. The molecule has 0 saturated heterocycles. The number of likely N-dealkylation sites (N-methyl/N-ethyl adjacent to an activating group) is 1. The third-order valence-corrected chi connectivity index (χ3v) is 10.9. The summed E-state index contributed by atoms with van der Waals surface area (Å²) in [5, 5.41) is 10.9. The van der Waals surface area contributed by atoms with Gasteiger partial charge in [0.25, 0.3) is 5.91 Å². The molecule has 4 bridgehead atoms. The van der Waals surface area contributed by atoms with Gasteiger partial charge < -0.3 is 35.6 Å². The van der Waals surface area contributed by atoms with E-state index < -0.39 is 91.7 Å². The van der Waals surface area contributed by atoms with Crippen LogP contribution in [0, 0.1) is 0 Å². The standard InChI is InChI=1S/C47H49BClN5O12/c1-6-63-41(58)20-17-33(55)24-50-44(60)38-22-27-7-18-36-34(21-27)35-23-31(14-19-37(35)48(36)66-65-46(62)64-47(2,3)4)42(45(61)51-25-39(56)53-38)54(5)40(57)26-52-43(59)30-10-8-28(9-11-30)29-12-15-32(49)16-13-29/h7-16,18-19,21,23,38,42H,6,17,20,22,24-26H2,1-5H3,(H,50,60)(H,51,61)(H,52,59)(H,53,56). The number of ether oxygens (including phenoxy) is 2. The first-order valence-electron chi connectivity index (χ1n) is 21.2. The predicted octanol–water partition coefficient (Wildman–Crippen LogP) is 3.09. The second kappa shape index (κ2) is 21.3. The number of esters is 1. The Balaban J connectivity index is 1.26. The second-order valence-electron chi connectivity index (χ2n) is 16.6. The molecule has 66 heavy (non-hydrogen) atoms. The number of nitrogens with one attached hydrogen (secondary N) is 4. The topological polar surface area (TPSA) is 225 Å². The van der Waals surface area contributed by atoms with Crippen LogP contribution in [0.1, 0.15) is 68.1 Å². The summed E-state index contributed by atoms with van der Waals surface area (Å²) in [6.45, 7) is 4.32. The number of halogens is 1. The van der Waals surface area contributed by atoms with E-state index >= 15 is 0 Å². The van der Waals surface area contributed by atoms with E-state index in [0.717, 1.165) is 16.0 Å². The van der Waals surface area contributed by atoms with Gasteiger partial charge >= 0.3 is 19.0 Å². The molecular formula is C47H49BClN5O12. The first-order chi connectivity index (χ1) is 31.4. The van der Waals surface area contributed by atoms with Crippen molar-refractivity contribution >= 4 is 76.9 Å². The molecule has 19 heteroatoms. The number of benzene rings is 4. The van der Waals surface area contributed by atoms with Crippen LogP contribution >= 0.6 is 11.6 Å². The van der Waals surface area contributed by atoms with Crippen molar-refractivity contribution in [3.63, 3.8) is 0 Å². The van der Waals surface area contributed by atoms with Crippen LogP contribution in [0.5, 0.6) is 0 Å². The number of rotatable bonds is 14. The van der Waals surface area contributed by atoms with Gasteiger partial charge in [-0.05, 0) is 102 Å². The first-order valence-corrected chi connectivity index (χ1v) is 21.5. The van der Waals surface area contributed by atoms with E-state index in [9.17, 15) is 38.4 Å². The third-order valence-electron chi connectivity index (χ3n) is 10.6. The molecule has 6 rings (SSSR count). The second-order valence-corrected chi connectivity index (χ2v) is 17.0. The number of hydrogen-bond donors (Lipinski definition) is 4. The largest absolute Gasteiger partial charge is 0.539 e. The lowest BCUT2D eigenvalue weighted by atomic mass is 9.59. The van der Waals surface area contributed by atoms with Crippen molar-refractivity contribution < 1.29 is 57.5 Å². The van der Waals surface area contributed by atoms with Gasteiger partial charge in [0.2, 0.25) is 23.6 Å². The molecule has 2 heterocycles. The summed E-state index contributed by atoms with van der Waals surface area (Å²) in [5.74, 6) is -4.38. The van der Waals surface area contributed by atoms with E-state index in [1.807, 2.05) is 12.1 Å². The number of ketones is 1. The highest BCUT2D eigenvalue weighted by Gasteiger charge is 2.39. The molecule has 17 nitrogen and oxygen atoms in total. The van der Waals surface area contributed by atoms with Crippen molar-refractivity contribution in [2.24, 2.45) is 0 Å². The summed E-state index contributed by atoms with van der Waals surface area (Å²) in [7, 11) is 1.39. The summed E-state index contributed by atoms with van der Waals surface area (Å²) in [6, 6.07) is 21.5. The maximum absolute atomic E-state index is 14.2. The Hall–Kier alpha value is -7.05. The molecule has 2 aliphatic heterocycles. The van der Waals surface area contributed by atoms with Gasteiger partial charge in [-0.15, -0.1) is 0 Å². The van der Waals surface area contributed by atoms with Gasteiger partial charge in [0, 0.05) is 30.5 Å². The zero-order chi connectivity index (χ0) is 47.7. The summed E-state index contributed by atoms with van der Waals surface area (Å²) in [5.41, 5.74) is 4.28. The summed E-state index contributed by atoms with van der Waals surface area (Å²) >= 11 is 6.02. The number of carbonyl (C=O) groups excluding carboxylic acids is 8. The molecule has 2 aliphatic rings. The van der Waals surface area contributed by atoms with Crippen molar-refractivity contribution in [2.75, 3.05) is 33.3 Å². The molecule has 0 saturated carbocycles. The Morgan fingerprint density at radius 3 is 2.15 bits per heavy atom. The number of Topliss-reactive ketones (excluding diaryl/α,β-unsaturated/α-hetero) is 1. The van der Waals surface area contributed by atoms with Crippen LogP contribution in [-0.4, -0.2) is 104 Å². The van der Waals surface area contributed by atoms with E-state index in [1.54, 1.807) is 100 Å². The van der Waals surface area contributed by atoms with Crippen molar-refractivity contribution in [3.8, 4) is 22.3 Å². The van der Waals surface area contributed by atoms with Gasteiger partial charge in [-0.25, -0.2) is 9.60 Å². The molecule has 0 fully saturated rings. The van der Waals surface area contributed by atoms with Gasteiger partial charge in [-0.2, -0.15) is 0 Å². The fraction of sp³-hybridized carbons (Fsp3) is 0.319. The van der Waals surface area contributed by atoms with Crippen LogP contribution in [0.2, 0.25) is 5.02 Å². The van der Waals surface area contributed by atoms with E-state index in [-0.39, 0.29) is 25.9 Å². The fourth-order valence-corrected chi connectivity index (χ4v) is 7.51. The quantitative estimate of drug-likeness (QED) is 0.0620. The Labute approximate surface area is 386 Å². The van der Waals surface area contributed by atoms with Gasteiger partial charge in [0.1, 0.15) is 17.7 Å². The summed E-state index contributed by atoms with van der Waals surface area (Å²) in [4.78, 5) is 117. The summed E-state index contributed by atoms with van der Waals surface area (Å²) < 4.78 is 10.1. The molecule has 2 atom stereocenters. The zero-order valence-corrected chi connectivity index (χ0v) is 37.7. The highest BCUT2D eigenvalue weighted by Crippen LogP contribution is 2.30. The minimum Gasteiger partial charge on any atom is -0.466 e. The minimum atomic E-state index is -1.35. The fourth-order valence-electron chi connectivity index (χ4n) is 7.38.